The quantitative estimate of drug-likeness (QED) is 0.131. The zero-order valence-electron chi connectivity index (χ0n) is 33.4. The number of pyridine rings is 1. The molecule has 0 spiro atoms. The second-order valence-corrected chi connectivity index (χ2v) is 15.7. The summed E-state index contributed by atoms with van der Waals surface area (Å²) < 4.78 is 9.56. The molecule has 7 rings (SSSR count). The molecule has 2 aromatic heterocycles. The summed E-state index contributed by atoms with van der Waals surface area (Å²) in [5, 5.41) is 6.44. The van der Waals surface area contributed by atoms with Crippen molar-refractivity contribution in [3.05, 3.63) is 84.3 Å². The van der Waals surface area contributed by atoms with Gasteiger partial charge in [0.15, 0.2) is 0 Å². The minimum Gasteiger partial charge on any atom is -0.453 e. The molecule has 3 aromatic carbocycles. The summed E-state index contributed by atoms with van der Waals surface area (Å²) in [5.41, 5.74) is 7.57. The number of nitrogens with zero attached hydrogens (tertiary/aromatic N) is 4. The number of hydrogen-bond acceptors (Lipinski definition) is 8. The molecule has 13 heteroatoms. The summed E-state index contributed by atoms with van der Waals surface area (Å²) in [6, 6.07) is 23.1. The first-order valence-corrected chi connectivity index (χ1v) is 19.8. The van der Waals surface area contributed by atoms with Gasteiger partial charge in [-0.3, -0.25) is 14.6 Å². The van der Waals surface area contributed by atoms with Crippen molar-refractivity contribution in [2.45, 2.75) is 77.5 Å². The molecule has 0 aliphatic carbocycles. The summed E-state index contributed by atoms with van der Waals surface area (Å²) in [6.45, 7) is 8.83. The fraction of sp³-hybridized carbons (Fsp3) is 0.409. The monoisotopic (exact) mass is 773 g/mol. The second-order valence-electron chi connectivity index (χ2n) is 15.7. The maximum absolute atomic E-state index is 13.7. The number of hydrogen-bond donors (Lipinski definition) is 3. The molecule has 57 heavy (non-hydrogen) atoms. The number of nitrogens with one attached hydrogen (secondary N) is 3. The lowest BCUT2D eigenvalue weighted by Crippen LogP contribution is -2.51. The third-order valence-corrected chi connectivity index (χ3v) is 11.3. The van der Waals surface area contributed by atoms with Crippen LogP contribution in [0, 0.1) is 11.8 Å². The number of methoxy groups -OCH3 is 2. The van der Waals surface area contributed by atoms with E-state index in [1.165, 1.54) is 14.2 Å². The van der Waals surface area contributed by atoms with E-state index < -0.39 is 24.3 Å². The predicted molar refractivity (Wildman–Crippen MR) is 218 cm³/mol. The van der Waals surface area contributed by atoms with Crippen molar-refractivity contribution in [3.63, 3.8) is 0 Å². The van der Waals surface area contributed by atoms with E-state index in [2.05, 4.69) is 76.3 Å². The van der Waals surface area contributed by atoms with Crippen molar-refractivity contribution in [1.29, 1.82) is 0 Å². The average Bonchev–Trinajstić information content (AvgIpc) is 4.01. The first kappa shape index (κ1) is 39.3. The van der Waals surface area contributed by atoms with Gasteiger partial charge in [0.1, 0.15) is 17.9 Å². The van der Waals surface area contributed by atoms with E-state index in [9.17, 15) is 19.2 Å². The molecule has 4 unspecified atom stereocenters. The molecule has 0 radical (unpaired) electrons. The number of imidazole rings is 1. The first-order valence-electron chi connectivity index (χ1n) is 19.8. The van der Waals surface area contributed by atoms with E-state index in [1.807, 2.05) is 49.6 Å². The molecule has 13 nitrogen and oxygen atoms in total. The molecular formula is C44H51N7O6. The average molecular weight is 774 g/mol. The molecule has 2 aliphatic heterocycles. The maximum Gasteiger partial charge on any atom is 0.407 e. The molecule has 4 heterocycles. The third-order valence-electron chi connectivity index (χ3n) is 11.3. The lowest BCUT2D eigenvalue weighted by atomic mass is 9.99. The zero-order chi connectivity index (χ0) is 40.4. The van der Waals surface area contributed by atoms with Crippen LogP contribution in [0.15, 0.2) is 72.8 Å². The Kier molecular flexibility index (Phi) is 11.5. The van der Waals surface area contributed by atoms with Gasteiger partial charge in [0, 0.05) is 18.5 Å². The van der Waals surface area contributed by atoms with Crippen LogP contribution in [0.4, 0.5) is 9.59 Å². The van der Waals surface area contributed by atoms with Gasteiger partial charge in [-0.2, -0.15) is 0 Å². The number of carbonyl (C=O) groups excluding carboxylic acids is 4. The Morgan fingerprint density at radius 2 is 1.16 bits per heavy atom. The van der Waals surface area contributed by atoms with Crippen LogP contribution in [0.2, 0.25) is 0 Å². The molecule has 4 atom stereocenters. The van der Waals surface area contributed by atoms with Gasteiger partial charge in [-0.15, -0.1) is 0 Å². The van der Waals surface area contributed by atoms with Gasteiger partial charge in [0.05, 0.1) is 48.5 Å². The number of aromatic amines is 1. The topological polar surface area (TPSA) is 159 Å². The highest BCUT2D eigenvalue weighted by molar-refractivity contribution is 5.89. The van der Waals surface area contributed by atoms with Crippen molar-refractivity contribution < 1.29 is 28.7 Å². The van der Waals surface area contributed by atoms with Gasteiger partial charge < -0.3 is 34.9 Å². The van der Waals surface area contributed by atoms with Crippen LogP contribution >= 0.6 is 0 Å². The summed E-state index contributed by atoms with van der Waals surface area (Å²) in [4.78, 5) is 68.4. The highest BCUT2D eigenvalue weighted by atomic mass is 16.5. The normalized spacial score (nSPS) is 18.0. The van der Waals surface area contributed by atoms with Crippen molar-refractivity contribution in [2.75, 3.05) is 27.3 Å². The summed E-state index contributed by atoms with van der Waals surface area (Å²) in [7, 11) is 2.59. The van der Waals surface area contributed by atoms with Crippen LogP contribution in [0.25, 0.3) is 44.2 Å². The standard InChI is InChI=1S/C44H51N7O6/c1-25(2)38(48-43(54)56-5)41(52)50-21-7-9-36(50)33-20-17-29-15-16-30(23-34(29)45-33)27-11-13-28(14-12-27)31-18-19-32-35(24-31)47-40(46-32)37-10-8-22-51(37)42(53)39(26(3)4)49-44(55)57-6/h11-20,23-26,36-39H,7-10,21-22H2,1-6H3,(H,46,47)(H,48,54)(H,49,55). The van der Waals surface area contributed by atoms with Crippen LogP contribution in [-0.4, -0.2) is 88.1 Å². The van der Waals surface area contributed by atoms with Gasteiger partial charge in [0.25, 0.3) is 0 Å². The Hall–Kier alpha value is -5.98. The number of fused-ring (bicyclic) bond motifs is 2. The van der Waals surface area contributed by atoms with Gasteiger partial charge in [-0.05, 0) is 84.0 Å². The predicted octanol–water partition coefficient (Wildman–Crippen LogP) is 7.53. The van der Waals surface area contributed by atoms with Crippen LogP contribution in [0.1, 0.15) is 77.0 Å². The Bertz CT molecular complexity index is 2290. The van der Waals surface area contributed by atoms with E-state index in [-0.39, 0.29) is 35.7 Å². The van der Waals surface area contributed by atoms with Gasteiger partial charge in [0.2, 0.25) is 11.8 Å². The Labute approximate surface area is 332 Å². The number of amides is 4. The fourth-order valence-corrected chi connectivity index (χ4v) is 8.13. The molecule has 0 saturated carbocycles. The molecule has 2 saturated heterocycles. The minimum atomic E-state index is -0.692. The zero-order valence-corrected chi connectivity index (χ0v) is 33.4. The number of likely N-dealkylation sites (tertiary alicyclic amines) is 2. The number of alkyl carbamates (subject to hydrolysis) is 2. The molecule has 2 fully saturated rings. The number of aromatic nitrogens is 3. The van der Waals surface area contributed by atoms with E-state index in [4.69, 9.17) is 19.4 Å². The number of benzene rings is 3. The maximum atomic E-state index is 13.7. The molecule has 3 N–H and O–H groups in total. The summed E-state index contributed by atoms with van der Waals surface area (Å²) in [5.74, 6) is 0.258. The SMILES string of the molecule is COC(=O)NC(C(=O)N1CCCC1c1ccc2ccc(-c3ccc(-c4ccc5nc(C6CCCN6C(=O)C(NC(=O)OC)C(C)C)[nH]c5c4)cc3)cc2n1)C(C)C. The van der Waals surface area contributed by atoms with Crippen molar-refractivity contribution in [2.24, 2.45) is 11.8 Å². The number of rotatable bonds is 10. The molecule has 298 valence electrons. The largest absolute Gasteiger partial charge is 0.453 e. The van der Waals surface area contributed by atoms with E-state index in [0.717, 1.165) is 81.4 Å². The van der Waals surface area contributed by atoms with Crippen LogP contribution in [0.3, 0.4) is 0 Å². The lowest BCUT2D eigenvalue weighted by Gasteiger charge is -2.30. The van der Waals surface area contributed by atoms with Crippen LogP contribution in [0.5, 0.6) is 0 Å². The fourth-order valence-electron chi connectivity index (χ4n) is 8.13. The smallest absolute Gasteiger partial charge is 0.407 e. The first-order chi connectivity index (χ1) is 27.4. The number of carbonyl (C=O) groups is 4. The number of ether oxygens (including phenoxy) is 2. The van der Waals surface area contributed by atoms with E-state index in [1.54, 1.807) is 0 Å². The van der Waals surface area contributed by atoms with Gasteiger partial charge in [-0.1, -0.05) is 76.2 Å². The van der Waals surface area contributed by atoms with E-state index in [0.29, 0.717) is 13.1 Å². The lowest BCUT2D eigenvalue weighted by molar-refractivity contribution is -0.136. The highest BCUT2D eigenvalue weighted by Crippen LogP contribution is 2.36. The van der Waals surface area contributed by atoms with Crippen molar-refractivity contribution in [1.82, 2.24) is 35.4 Å². The number of H-pyrrole nitrogens is 1. The van der Waals surface area contributed by atoms with Crippen LogP contribution in [-0.2, 0) is 19.1 Å². The van der Waals surface area contributed by atoms with Crippen molar-refractivity contribution >= 4 is 45.9 Å². The Morgan fingerprint density at radius 3 is 1.74 bits per heavy atom. The molecule has 0 bridgehead atoms. The van der Waals surface area contributed by atoms with Crippen molar-refractivity contribution in [3.8, 4) is 22.3 Å². The second kappa shape index (κ2) is 16.6. The molecule has 2 aliphatic rings. The minimum absolute atomic E-state index is 0.105. The molecule has 4 amide bonds. The Morgan fingerprint density at radius 1 is 0.649 bits per heavy atom. The van der Waals surface area contributed by atoms with Gasteiger partial charge >= 0.3 is 12.2 Å². The third kappa shape index (κ3) is 8.14. The van der Waals surface area contributed by atoms with E-state index >= 15 is 0 Å². The summed E-state index contributed by atoms with van der Waals surface area (Å²) >= 11 is 0. The van der Waals surface area contributed by atoms with Crippen LogP contribution < -0.4 is 10.6 Å². The van der Waals surface area contributed by atoms with Gasteiger partial charge in [-0.25, -0.2) is 14.6 Å². The summed E-state index contributed by atoms with van der Waals surface area (Å²) in [6.07, 6.45) is 2.04. The molecular weight excluding hydrogens is 723 g/mol. The molecule has 5 aromatic rings. The highest BCUT2D eigenvalue weighted by Gasteiger charge is 2.38. The Balaban J connectivity index is 1.08.